The van der Waals surface area contributed by atoms with Crippen molar-refractivity contribution in [3.63, 3.8) is 0 Å². The minimum absolute atomic E-state index is 0.0510. The zero-order chi connectivity index (χ0) is 19.3. The maximum atomic E-state index is 14.5. The van der Waals surface area contributed by atoms with E-state index in [0.29, 0.717) is 5.56 Å². The van der Waals surface area contributed by atoms with Crippen molar-refractivity contribution < 1.29 is 18.8 Å². The van der Waals surface area contributed by atoms with Gasteiger partial charge in [-0.05, 0) is 32.4 Å². The molecular weight excluding hydrogens is 351 g/mol. The lowest BCUT2D eigenvalue weighted by molar-refractivity contribution is -0.136. The summed E-state index contributed by atoms with van der Waals surface area (Å²) in [6.45, 7) is 5.97. The SMILES string of the molecule is CC1CNCC(C)N1c1ccc(F)c2c1CN(C1CCC(=O)NC1=O)C2=O. The molecule has 7 nitrogen and oxygen atoms in total. The van der Waals surface area contributed by atoms with Crippen LogP contribution in [0.4, 0.5) is 10.1 Å². The molecule has 2 fully saturated rings. The molecule has 0 aromatic heterocycles. The van der Waals surface area contributed by atoms with E-state index in [9.17, 15) is 18.8 Å². The quantitative estimate of drug-likeness (QED) is 0.748. The van der Waals surface area contributed by atoms with Crippen molar-refractivity contribution in [3.8, 4) is 0 Å². The molecule has 3 unspecified atom stereocenters. The van der Waals surface area contributed by atoms with E-state index >= 15 is 0 Å². The molecule has 3 amide bonds. The number of carbonyl (C=O) groups is 3. The average molecular weight is 374 g/mol. The Morgan fingerprint density at radius 2 is 1.81 bits per heavy atom. The molecule has 3 atom stereocenters. The molecule has 0 bridgehead atoms. The number of anilines is 1. The van der Waals surface area contributed by atoms with Crippen LogP contribution in [-0.2, 0) is 16.1 Å². The van der Waals surface area contributed by atoms with Crippen LogP contribution in [-0.4, -0.2) is 53.8 Å². The molecule has 0 saturated carbocycles. The molecule has 3 heterocycles. The summed E-state index contributed by atoms with van der Waals surface area (Å²) in [5.74, 6) is -1.87. The molecule has 0 radical (unpaired) electrons. The van der Waals surface area contributed by atoms with Crippen LogP contribution in [0.15, 0.2) is 12.1 Å². The largest absolute Gasteiger partial charge is 0.363 e. The van der Waals surface area contributed by atoms with Gasteiger partial charge in [0.15, 0.2) is 0 Å². The Hall–Kier alpha value is -2.48. The number of hydrogen-bond acceptors (Lipinski definition) is 5. The van der Waals surface area contributed by atoms with Crippen LogP contribution in [0, 0.1) is 5.82 Å². The van der Waals surface area contributed by atoms with E-state index in [2.05, 4.69) is 29.4 Å². The third-order valence-electron chi connectivity index (χ3n) is 5.73. The van der Waals surface area contributed by atoms with Crippen LogP contribution in [0.2, 0.25) is 0 Å². The number of piperidine rings is 1. The first-order chi connectivity index (χ1) is 12.9. The van der Waals surface area contributed by atoms with Crippen LogP contribution in [0.25, 0.3) is 0 Å². The van der Waals surface area contributed by atoms with E-state index in [1.807, 2.05) is 0 Å². The summed E-state index contributed by atoms with van der Waals surface area (Å²) in [4.78, 5) is 40.2. The first-order valence-electron chi connectivity index (χ1n) is 9.33. The van der Waals surface area contributed by atoms with Gasteiger partial charge in [0.1, 0.15) is 11.9 Å². The Morgan fingerprint density at radius 1 is 1.11 bits per heavy atom. The van der Waals surface area contributed by atoms with Gasteiger partial charge in [0.05, 0.1) is 5.56 Å². The third kappa shape index (κ3) is 2.88. The second-order valence-corrected chi connectivity index (χ2v) is 7.58. The number of hydrogen-bond donors (Lipinski definition) is 2. The molecule has 3 aliphatic rings. The van der Waals surface area contributed by atoms with Gasteiger partial charge in [-0.1, -0.05) is 0 Å². The van der Waals surface area contributed by atoms with E-state index in [4.69, 9.17) is 0 Å². The maximum absolute atomic E-state index is 14.5. The van der Waals surface area contributed by atoms with Gasteiger partial charge < -0.3 is 15.1 Å². The fraction of sp³-hybridized carbons (Fsp3) is 0.526. The van der Waals surface area contributed by atoms with Crippen LogP contribution in [0.1, 0.15) is 42.6 Å². The molecule has 8 heteroatoms. The standard InChI is InChI=1S/C19H23FN4O3/c1-10-7-21-8-11(2)24(10)14-4-3-13(20)17-12(14)9-23(19(17)27)15-5-6-16(25)22-18(15)26/h3-4,10-11,15,21H,5-9H2,1-2H3,(H,22,25,26). The van der Waals surface area contributed by atoms with Gasteiger partial charge in [-0.15, -0.1) is 0 Å². The van der Waals surface area contributed by atoms with Crippen molar-refractivity contribution in [1.29, 1.82) is 0 Å². The lowest BCUT2D eigenvalue weighted by Crippen LogP contribution is -2.55. The van der Waals surface area contributed by atoms with Crippen LogP contribution >= 0.6 is 0 Å². The minimum atomic E-state index is -0.743. The summed E-state index contributed by atoms with van der Waals surface area (Å²) >= 11 is 0. The van der Waals surface area contributed by atoms with E-state index in [-0.39, 0.29) is 42.9 Å². The van der Waals surface area contributed by atoms with Gasteiger partial charge in [-0.3, -0.25) is 19.7 Å². The monoisotopic (exact) mass is 374 g/mol. The first-order valence-corrected chi connectivity index (χ1v) is 9.33. The van der Waals surface area contributed by atoms with Gasteiger partial charge in [0, 0.05) is 49.4 Å². The highest BCUT2D eigenvalue weighted by molar-refractivity contribution is 6.06. The zero-order valence-electron chi connectivity index (χ0n) is 15.4. The Morgan fingerprint density at radius 3 is 2.48 bits per heavy atom. The van der Waals surface area contributed by atoms with E-state index in [1.165, 1.54) is 11.0 Å². The van der Waals surface area contributed by atoms with E-state index in [1.54, 1.807) is 6.07 Å². The molecule has 2 saturated heterocycles. The Balaban J connectivity index is 1.71. The van der Waals surface area contributed by atoms with Gasteiger partial charge in [-0.25, -0.2) is 4.39 Å². The normalized spacial score (nSPS) is 28.4. The van der Waals surface area contributed by atoms with Gasteiger partial charge in [0.2, 0.25) is 11.8 Å². The predicted molar refractivity (Wildman–Crippen MR) is 96.7 cm³/mol. The van der Waals surface area contributed by atoms with E-state index < -0.39 is 23.7 Å². The highest BCUT2D eigenvalue weighted by Gasteiger charge is 2.42. The topological polar surface area (TPSA) is 81.8 Å². The third-order valence-corrected chi connectivity index (χ3v) is 5.73. The van der Waals surface area contributed by atoms with Crippen LogP contribution < -0.4 is 15.5 Å². The van der Waals surface area contributed by atoms with Crippen molar-refractivity contribution >= 4 is 23.4 Å². The second-order valence-electron chi connectivity index (χ2n) is 7.58. The zero-order valence-corrected chi connectivity index (χ0v) is 15.4. The molecule has 3 aliphatic heterocycles. The fourth-order valence-electron chi connectivity index (χ4n) is 4.47. The Kier molecular flexibility index (Phi) is 4.38. The highest BCUT2D eigenvalue weighted by atomic mass is 19.1. The summed E-state index contributed by atoms with van der Waals surface area (Å²) in [6, 6.07) is 2.72. The van der Waals surface area contributed by atoms with Crippen LogP contribution in [0.3, 0.4) is 0 Å². The molecule has 4 rings (SSSR count). The number of piperazine rings is 1. The molecule has 0 spiro atoms. The van der Waals surface area contributed by atoms with Crippen molar-refractivity contribution in [2.24, 2.45) is 0 Å². The lowest BCUT2D eigenvalue weighted by atomic mass is 10.0. The van der Waals surface area contributed by atoms with Crippen molar-refractivity contribution in [3.05, 3.63) is 29.1 Å². The molecule has 27 heavy (non-hydrogen) atoms. The van der Waals surface area contributed by atoms with Gasteiger partial charge in [-0.2, -0.15) is 0 Å². The first kappa shape index (κ1) is 17.9. The number of halogens is 1. The Bertz CT molecular complexity index is 817. The lowest BCUT2D eigenvalue weighted by Gasteiger charge is -2.42. The van der Waals surface area contributed by atoms with Gasteiger partial charge in [0.25, 0.3) is 5.91 Å². The Labute approximate surface area is 156 Å². The summed E-state index contributed by atoms with van der Waals surface area (Å²) < 4.78 is 14.5. The second kappa shape index (κ2) is 6.60. The van der Waals surface area contributed by atoms with E-state index in [0.717, 1.165) is 18.8 Å². The fourth-order valence-corrected chi connectivity index (χ4v) is 4.47. The number of fused-ring (bicyclic) bond motifs is 1. The number of carbonyl (C=O) groups excluding carboxylic acids is 3. The molecule has 0 aliphatic carbocycles. The number of imide groups is 1. The number of rotatable bonds is 2. The van der Waals surface area contributed by atoms with Crippen LogP contribution in [0.5, 0.6) is 0 Å². The molecule has 1 aromatic rings. The van der Waals surface area contributed by atoms with Crippen molar-refractivity contribution in [2.75, 3.05) is 18.0 Å². The summed E-state index contributed by atoms with van der Waals surface area (Å²) in [5.41, 5.74) is 1.52. The number of nitrogens with zero attached hydrogens (tertiary/aromatic N) is 2. The molecular formula is C19H23FN4O3. The summed E-state index contributed by atoms with van der Waals surface area (Å²) in [7, 11) is 0. The molecule has 144 valence electrons. The van der Waals surface area contributed by atoms with Gasteiger partial charge >= 0.3 is 0 Å². The van der Waals surface area contributed by atoms with Crippen molar-refractivity contribution in [2.45, 2.75) is 51.4 Å². The minimum Gasteiger partial charge on any atom is -0.363 e. The van der Waals surface area contributed by atoms with Crippen molar-refractivity contribution in [1.82, 2.24) is 15.5 Å². The molecule has 2 N–H and O–H groups in total. The summed E-state index contributed by atoms with van der Waals surface area (Å²) in [5, 5.41) is 5.64. The number of amides is 3. The number of benzene rings is 1. The highest BCUT2D eigenvalue weighted by Crippen LogP contribution is 2.37. The summed E-state index contributed by atoms with van der Waals surface area (Å²) in [6.07, 6.45) is 0.444. The number of nitrogens with one attached hydrogen (secondary N) is 2. The molecule has 1 aromatic carbocycles. The predicted octanol–water partition coefficient (Wildman–Crippen LogP) is 0.773. The average Bonchev–Trinajstić information content (AvgIpc) is 2.95. The smallest absolute Gasteiger partial charge is 0.258 e. The maximum Gasteiger partial charge on any atom is 0.258 e.